The maximum absolute atomic E-state index is 12.5. The fraction of sp³-hybridized carbons (Fsp3) is 0.333. The predicted molar refractivity (Wildman–Crippen MR) is 84.0 cm³/mol. The molecule has 0 saturated carbocycles. The molecule has 118 valence electrons. The Morgan fingerprint density at radius 1 is 1.41 bits per heavy atom. The Hall–Kier alpha value is -2.02. The van der Waals surface area contributed by atoms with Crippen molar-refractivity contribution in [2.45, 2.75) is 26.9 Å². The molecule has 0 aliphatic rings. The highest BCUT2D eigenvalue weighted by Gasteiger charge is 2.20. The van der Waals surface area contributed by atoms with E-state index in [0.29, 0.717) is 23.8 Å². The minimum Gasteiger partial charge on any atom is -0.478 e. The Balaban J connectivity index is 2.18. The number of furan rings is 1. The lowest BCUT2D eigenvalue weighted by Gasteiger charge is -2.16. The lowest BCUT2D eigenvalue weighted by molar-refractivity contribution is 0.0694. The molecular formula is C15H17BrN2O4. The third-order valence-electron chi connectivity index (χ3n) is 3.36. The average molecular weight is 369 g/mol. The Kier molecular flexibility index (Phi) is 4.75. The highest BCUT2D eigenvalue weighted by Crippen LogP contribution is 2.19. The largest absolute Gasteiger partial charge is 0.478 e. The molecule has 1 N–H and O–H groups in total. The van der Waals surface area contributed by atoms with Crippen molar-refractivity contribution in [2.75, 3.05) is 7.05 Å². The molecule has 22 heavy (non-hydrogen) atoms. The van der Waals surface area contributed by atoms with Gasteiger partial charge in [-0.05, 0) is 41.9 Å². The van der Waals surface area contributed by atoms with Crippen LogP contribution in [0.1, 0.15) is 39.3 Å². The van der Waals surface area contributed by atoms with Crippen LogP contribution in [0, 0.1) is 6.92 Å². The monoisotopic (exact) mass is 368 g/mol. The third kappa shape index (κ3) is 3.24. The minimum absolute atomic E-state index is 0.121. The van der Waals surface area contributed by atoms with E-state index in [-0.39, 0.29) is 18.0 Å². The van der Waals surface area contributed by atoms with Crippen molar-refractivity contribution in [3.8, 4) is 0 Å². The van der Waals surface area contributed by atoms with Crippen LogP contribution in [-0.2, 0) is 13.1 Å². The number of carboxylic acids is 1. The Morgan fingerprint density at radius 2 is 2.09 bits per heavy atom. The molecule has 0 saturated heterocycles. The maximum atomic E-state index is 12.5. The number of amides is 1. The molecule has 0 spiro atoms. The van der Waals surface area contributed by atoms with Gasteiger partial charge in [0, 0.05) is 24.3 Å². The van der Waals surface area contributed by atoms with Gasteiger partial charge >= 0.3 is 5.97 Å². The lowest BCUT2D eigenvalue weighted by Crippen LogP contribution is -2.28. The number of hydrogen-bond donors (Lipinski definition) is 1. The minimum atomic E-state index is -1.04. The van der Waals surface area contributed by atoms with Crippen LogP contribution in [0.2, 0.25) is 0 Å². The van der Waals surface area contributed by atoms with Gasteiger partial charge in [0.2, 0.25) is 0 Å². The van der Waals surface area contributed by atoms with Crippen molar-refractivity contribution >= 4 is 27.8 Å². The van der Waals surface area contributed by atoms with Crippen LogP contribution in [0.25, 0.3) is 0 Å². The summed E-state index contributed by atoms with van der Waals surface area (Å²) in [5, 5.41) is 9.02. The molecule has 1 amide bonds. The van der Waals surface area contributed by atoms with Gasteiger partial charge in [0.1, 0.15) is 22.8 Å². The predicted octanol–water partition coefficient (Wildman–Crippen LogP) is 3.14. The quantitative estimate of drug-likeness (QED) is 0.879. The number of nitrogens with zero attached hydrogens (tertiary/aromatic N) is 2. The van der Waals surface area contributed by atoms with Gasteiger partial charge in [-0.25, -0.2) is 4.79 Å². The second-order valence-corrected chi connectivity index (χ2v) is 5.89. The molecule has 0 bridgehead atoms. The van der Waals surface area contributed by atoms with Gasteiger partial charge in [-0.2, -0.15) is 0 Å². The molecule has 0 aliphatic carbocycles. The summed E-state index contributed by atoms with van der Waals surface area (Å²) in [5.41, 5.74) is 0.689. The Bertz CT molecular complexity index is 717. The maximum Gasteiger partial charge on any atom is 0.339 e. The van der Waals surface area contributed by atoms with Gasteiger partial charge in [0.15, 0.2) is 0 Å². The van der Waals surface area contributed by atoms with E-state index in [0.717, 1.165) is 4.47 Å². The third-order valence-corrected chi connectivity index (χ3v) is 3.80. The first-order valence-electron chi connectivity index (χ1n) is 6.77. The fourth-order valence-corrected chi connectivity index (χ4v) is 2.71. The van der Waals surface area contributed by atoms with Crippen LogP contribution < -0.4 is 0 Å². The highest BCUT2D eigenvalue weighted by atomic mass is 79.9. The standard InChI is InChI=1S/C15H17BrN2O4/c1-4-18-7-10(16)5-13(18)14(19)17(3)8-11-6-12(15(20)21)9(2)22-11/h5-7H,4,8H2,1-3H3,(H,20,21). The topological polar surface area (TPSA) is 75.7 Å². The fourth-order valence-electron chi connectivity index (χ4n) is 2.25. The summed E-state index contributed by atoms with van der Waals surface area (Å²) in [4.78, 5) is 25.0. The molecule has 2 aromatic rings. The van der Waals surface area contributed by atoms with Crippen LogP contribution in [0.3, 0.4) is 0 Å². The van der Waals surface area contributed by atoms with E-state index in [1.54, 1.807) is 20.0 Å². The first kappa shape index (κ1) is 16.4. The summed E-state index contributed by atoms with van der Waals surface area (Å²) in [5.74, 6) is -0.411. The van der Waals surface area contributed by atoms with Crippen LogP contribution in [-0.4, -0.2) is 33.5 Å². The number of hydrogen-bond acceptors (Lipinski definition) is 3. The number of halogens is 1. The summed E-state index contributed by atoms with van der Waals surface area (Å²) in [7, 11) is 1.65. The number of aromatic carboxylic acids is 1. The molecule has 0 aromatic carbocycles. The van der Waals surface area contributed by atoms with Crippen molar-refractivity contribution in [2.24, 2.45) is 0 Å². The number of carboxylic acid groups (broad SMARTS) is 1. The SMILES string of the molecule is CCn1cc(Br)cc1C(=O)N(C)Cc1cc(C(=O)O)c(C)o1. The lowest BCUT2D eigenvalue weighted by atomic mass is 10.2. The molecule has 2 aromatic heterocycles. The van der Waals surface area contributed by atoms with Gasteiger partial charge in [0.25, 0.3) is 5.91 Å². The van der Waals surface area contributed by atoms with E-state index in [1.807, 2.05) is 17.7 Å². The number of aryl methyl sites for hydroxylation is 2. The van der Waals surface area contributed by atoms with Gasteiger partial charge < -0.3 is 19.0 Å². The second kappa shape index (κ2) is 6.39. The smallest absolute Gasteiger partial charge is 0.339 e. The van der Waals surface area contributed by atoms with E-state index in [2.05, 4.69) is 15.9 Å². The first-order valence-corrected chi connectivity index (χ1v) is 7.56. The van der Waals surface area contributed by atoms with E-state index in [4.69, 9.17) is 9.52 Å². The molecule has 0 aliphatic heterocycles. The molecule has 7 heteroatoms. The van der Waals surface area contributed by atoms with Crippen LogP contribution in [0.15, 0.2) is 27.2 Å². The normalized spacial score (nSPS) is 10.7. The van der Waals surface area contributed by atoms with Gasteiger partial charge in [0.05, 0.1) is 6.54 Å². The molecule has 0 unspecified atom stereocenters. The van der Waals surface area contributed by atoms with Crippen LogP contribution in [0.4, 0.5) is 0 Å². The van der Waals surface area contributed by atoms with Crippen molar-refractivity contribution < 1.29 is 19.1 Å². The molecule has 0 radical (unpaired) electrons. The number of carbonyl (C=O) groups excluding carboxylic acids is 1. The Labute approximate surface area is 136 Å². The van der Waals surface area contributed by atoms with Gasteiger partial charge in [-0.15, -0.1) is 0 Å². The Morgan fingerprint density at radius 3 is 2.64 bits per heavy atom. The van der Waals surface area contributed by atoms with Crippen molar-refractivity contribution in [1.29, 1.82) is 0 Å². The second-order valence-electron chi connectivity index (χ2n) is 4.98. The summed E-state index contributed by atoms with van der Waals surface area (Å²) < 4.78 is 8.09. The van der Waals surface area contributed by atoms with E-state index < -0.39 is 5.97 Å². The summed E-state index contributed by atoms with van der Waals surface area (Å²) in [6, 6.07) is 3.22. The van der Waals surface area contributed by atoms with Crippen molar-refractivity contribution in [1.82, 2.24) is 9.47 Å². The van der Waals surface area contributed by atoms with E-state index in [9.17, 15) is 9.59 Å². The van der Waals surface area contributed by atoms with Crippen LogP contribution in [0.5, 0.6) is 0 Å². The first-order chi connectivity index (χ1) is 10.3. The van der Waals surface area contributed by atoms with E-state index >= 15 is 0 Å². The summed E-state index contributed by atoms with van der Waals surface area (Å²) >= 11 is 3.36. The van der Waals surface area contributed by atoms with Crippen molar-refractivity contribution in [3.05, 3.63) is 45.6 Å². The van der Waals surface area contributed by atoms with Gasteiger partial charge in [-0.3, -0.25) is 4.79 Å². The number of rotatable bonds is 5. The molecule has 0 fully saturated rings. The van der Waals surface area contributed by atoms with Crippen molar-refractivity contribution in [3.63, 3.8) is 0 Å². The molecular weight excluding hydrogens is 352 g/mol. The molecule has 2 heterocycles. The zero-order valence-corrected chi connectivity index (χ0v) is 14.2. The number of carbonyl (C=O) groups is 2. The highest BCUT2D eigenvalue weighted by molar-refractivity contribution is 9.10. The summed E-state index contributed by atoms with van der Waals surface area (Å²) in [6.45, 7) is 4.44. The van der Waals surface area contributed by atoms with E-state index in [1.165, 1.54) is 11.0 Å². The molecule has 0 atom stereocenters. The van der Waals surface area contributed by atoms with Crippen LogP contribution >= 0.6 is 15.9 Å². The zero-order chi connectivity index (χ0) is 16.4. The van der Waals surface area contributed by atoms with Gasteiger partial charge in [-0.1, -0.05) is 0 Å². The average Bonchev–Trinajstić information content (AvgIpc) is 3.00. The number of aromatic nitrogens is 1. The molecule has 6 nitrogen and oxygen atoms in total. The molecule has 2 rings (SSSR count). The summed E-state index contributed by atoms with van der Waals surface area (Å²) in [6.07, 6.45) is 1.85. The zero-order valence-electron chi connectivity index (χ0n) is 12.6.